The molecule has 0 bridgehead atoms. The Morgan fingerprint density at radius 1 is 0.857 bits per heavy atom. The van der Waals surface area contributed by atoms with Crippen LogP contribution in [0.2, 0.25) is 0 Å². The molecule has 0 aliphatic heterocycles. The van der Waals surface area contributed by atoms with E-state index < -0.39 is 0 Å². The number of hydrogen-bond donors (Lipinski definition) is 0. The maximum Gasteiger partial charge on any atom is -0.0347 e. The second kappa shape index (κ2) is 8.55. The number of allylic oxidation sites excluding steroid dienone is 6. The molecular formula is C14H22. The third-order valence-corrected chi connectivity index (χ3v) is 1.80. The molecule has 0 nitrogen and oxygen atoms in total. The van der Waals surface area contributed by atoms with Crippen LogP contribution in [0.3, 0.4) is 0 Å². The van der Waals surface area contributed by atoms with E-state index in [1.54, 1.807) is 0 Å². The summed E-state index contributed by atoms with van der Waals surface area (Å²) in [7, 11) is 0. The molecule has 0 saturated heterocycles. The van der Waals surface area contributed by atoms with Crippen LogP contribution in [0.5, 0.6) is 0 Å². The first-order valence-electron chi connectivity index (χ1n) is 5.27. The summed E-state index contributed by atoms with van der Waals surface area (Å²) in [6.45, 7) is 11.7. The van der Waals surface area contributed by atoms with Crippen LogP contribution >= 0.6 is 0 Å². The van der Waals surface area contributed by atoms with Gasteiger partial charge in [-0.25, -0.2) is 0 Å². The molecule has 0 aromatic heterocycles. The predicted octanol–water partition coefficient (Wildman–Crippen LogP) is 4.81. The summed E-state index contributed by atoms with van der Waals surface area (Å²) in [6, 6.07) is 0. The average Bonchev–Trinajstić information content (AvgIpc) is 2.08. The molecular weight excluding hydrogens is 168 g/mol. The van der Waals surface area contributed by atoms with Gasteiger partial charge in [0, 0.05) is 0 Å². The Kier molecular flexibility index (Phi) is 7.92. The van der Waals surface area contributed by atoms with Crippen molar-refractivity contribution in [2.24, 2.45) is 0 Å². The van der Waals surface area contributed by atoms with E-state index in [9.17, 15) is 0 Å². The van der Waals surface area contributed by atoms with E-state index in [2.05, 4.69) is 37.5 Å². The lowest BCUT2D eigenvalue weighted by Crippen LogP contribution is -1.73. The minimum absolute atomic E-state index is 1.13. The van der Waals surface area contributed by atoms with Gasteiger partial charge >= 0.3 is 0 Å². The van der Waals surface area contributed by atoms with Crippen molar-refractivity contribution in [1.82, 2.24) is 0 Å². The van der Waals surface area contributed by atoms with E-state index in [1.807, 2.05) is 13.8 Å². The molecule has 0 radical (unpaired) electrons. The van der Waals surface area contributed by atoms with E-state index in [0.717, 1.165) is 24.0 Å². The van der Waals surface area contributed by atoms with Gasteiger partial charge in [0.25, 0.3) is 0 Å². The molecule has 0 aliphatic rings. The molecule has 0 saturated carbocycles. The highest BCUT2D eigenvalue weighted by Gasteiger charge is 1.83. The fraction of sp³-hybridized carbons (Fsp3) is 0.429. The van der Waals surface area contributed by atoms with Crippen molar-refractivity contribution in [2.45, 2.75) is 39.5 Å². The summed E-state index contributed by atoms with van der Waals surface area (Å²) in [5, 5.41) is 0. The topological polar surface area (TPSA) is 0 Å². The predicted molar refractivity (Wildman–Crippen MR) is 66.4 cm³/mol. The molecule has 0 atom stereocenters. The summed E-state index contributed by atoms with van der Waals surface area (Å²) >= 11 is 0. The molecule has 0 fully saturated rings. The lowest BCUT2D eigenvalue weighted by molar-refractivity contribution is 0.761. The Labute approximate surface area is 88.7 Å². The third kappa shape index (κ3) is 11.0. The summed E-state index contributed by atoms with van der Waals surface area (Å²) < 4.78 is 0. The molecule has 0 heterocycles. The van der Waals surface area contributed by atoms with Gasteiger partial charge in [0.15, 0.2) is 0 Å². The van der Waals surface area contributed by atoms with E-state index in [0.29, 0.717) is 0 Å². The van der Waals surface area contributed by atoms with E-state index in [1.165, 1.54) is 12.8 Å². The van der Waals surface area contributed by atoms with Gasteiger partial charge in [-0.15, -0.1) is 0 Å². The molecule has 0 aliphatic carbocycles. The van der Waals surface area contributed by atoms with Gasteiger partial charge < -0.3 is 0 Å². The van der Waals surface area contributed by atoms with Gasteiger partial charge in [0.1, 0.15) is 0 Å². The minimum atomic E-state index is 1.13. The average molecular weight is 190 g/mol. The maximum absolute atomic E-state index is 3.81. The standard InChI is InChI=1S/C14H22/c1-13(2)11-9-7-5-6-8-10-12-14(3)4/h9-12H,1,3,5-8H2,2,4H3. The van der Waals surface area contributed by atoms with Gasteiger partial charge in [-0.3, -0.25) is 0 Å². The Morgan fingerprint density at radius 2 is 1.21 bits per heavy atom. The van der Waals surface area contributed by atoms with E-state index >= 15 is 0 Å². The van der Waals surface area contributed by atoms with Gasteiger partial charge in [-0.2, -0.15) is 0 Å². The van der Waals surface area contributed by atoms with Crippen molar-refractivity contribution in [3.05, 3.63) is 48.6 Å². The first kappa shape index (κ1) is 13.0. The molecule has 0 amide bonds. The summed E-state index contributed by atoms with van der Waals surface area (Å²) in [6.07, 6.45) is 13.4. The fourth-order valence-corrected chi connectivity index (χ4v) is 1.09. The third-order valence-electron chi connectivity index (χ3n) is 1.80. The number of hydrogen-bond acceptors (Lipinski definition) is 0. The summed E-state index contributed by atoms with van der Waals surface area (Å²) in [5.74, 6) is 0. The zero-order valence-corrected chi connectivity index (χ0v) is 9.55. The zero-order valence-electron chi connectivity index (χ0n) is 9.55. The van der Waals surface area contributed by atoms with Crippen molar-refractivity contribution < 1.29 is 0 Å². The highest BCUT2D eigenvalue weighted by molar-refractivity contribution is 5.11. The Hall–Kier alpha value is -1.04. The molecule has 0 heteroatoms. The van der Waals surface area contributed by atoms with Gasteiger partial charge in [0.2, 0.25) is 0 Å². The van der Waals surface area contributed by atoms with Gasteiger partial charge in [-0.05, 0) is 39.5 Å². The highest BCUT2D eigenvalue weighted by Crippen LogP contribution is 2.03. The molecule has 0 unspecified atom stereocenters. The quantitative estimate of drug-likeness (QED) is 0.399. The van der Waals surface area contributed by atoms with Crippen LogP contribution in [0, 0.1) is 0 Å². The van der Waals surface area contributed by atoms with Crippen LogP contribution in [0.1, 0.15) is 39.5 Å². The Balaban J connectivity index is 3.30. The molecule has 0 N–H and O–H groups in total. The van der Waals surface area contributed by atoms with Crippen molar-refractivity contribution >= 4 is 0 Å². The number of rotatable bonds is 7. The van der Waals surface area contributed by atoms with Crippen LogP contribution in [0.4, 0.5) is 0 Å². The summed E-state index contributed by atoms with van der Waals surface area (Å²) in [4.78, 5) is 0. The Bertz CT molecular complexity index is 202. The van der Waals surface area contributed by atoms with Gasteiger partial charge in [-0.1, -0.05) is 48.6 Å². The minimum Gasteiger partial charge on any atom is -0.0961 e. The SMILES string of the molecule is C=C(C)C=CCCCCC=CC(=C)C. The fourth-order valence-electron chi connectivity index (χ4n) is 1.09. The molecule has 14 heavy (non-hydrogen) atoms. The Morgan fingerprint density at radius 3 is 1.50 bits per heavy atom. The molecule has 0 rings (SSSR count). The van der Waals surface area contributed by atoms with Crippen LogP contribution < -0.4 is 0 Å². The van der Waals surface area contributed by atoms with Crippen molar-refractivity contribution in [3.63, 3.8) is 0 Å². The van der Waals surface area contributed by atoms with Crippen LogP contribution in [0.15, 0.2) is 48.6 Å². The molecule has 0 aromatic carbocycles. The largest absolute Gasteiger partial charge is 0.0961 e. The van der Waals surface area contributed by atoms with E-state index in [4.69, 9.17) is 0 Å². The normalized spacial score (nSPS) is 11.3. The lowest BCUT2D eigenvalue weighted by Gasteiger charge is -1.93. The van der Waals surface area contributed by atoms with Crippen molar-refractivity contribution in [1.29, 1.82) is 0 Å². The molecule has 0 spiro atoms. The molecule has 0 aromatic rings. The smallest absolute Gasteiger partial charge is 0.0347 e. The molecule has 78 valence electrons. The second-order valence-corrected chi connectivity index (χ2v) is 3.78. The van der Waals surface area contributed by atoms with Crippen LogP contribution in [-0.2, 0) is 0 Å². The van der Waals surface area contributed by atoms with E-state index in [-0.39, 0.29) is 0 Å². The zero-order chi connectivity index (χ0) is 10.8. The lowest BCUT2D eigenvalue weighted by atomic mass is 10.1. The van der Waals surface area contributed by atoms with Crippen molar-refractivity contribution in [2.75, 3.05) is 0 Å². The van der Waals surface area contributed by atoms with Crippen molar-refractivity contribution in [3.8, 4) is 0 Å². The second-order valence-electron chi connectivity index (χ2n) is 3.78. The number of unbranched alkanes of at least 4 members (excludes halogenated alkanes) is 3. The highest BCUT2D eigenvalue weighted by atomic mass is 13.9. The first-order valence-corrected chi connectivity index (χ1v) is 5.27. The maximum atomic E-state index is 3.81. The van der Waals surface area contributed by atoms with Crippen LogP contribution in [0.25, 0.3) is 0 Å². The van der Waals surface area contributed by atoms with Crippen LogP contribution in [-0.4, -0.2) is 0 Å². The monoisotopic (exact) mass is 190 g/mol. The summed E-state index contributed by atoms with van der Waals surface area (Å²) in [5.41, 5.74) is 2.26. The first-order chi connectivity index (χ1) is 6.63. The van der Waals surface area contributed by atoms with Gasteiger partial charge in [0.05, 0.1) is 0 Å².